The fourth-order valence-corrected chi connectivity index (χ4v) is 3.21. The van der Waals surface area contributed by atoms with E-state index in [0.29, 0.717) is 38.3 Å². The van der Waals surface area contributed by atoms with E-state index >= 15 is 0 Å². The number of aromatic hydroxyl groups is 1. The highest BCUT2D eigenvalue weighted by Gasteiger charge is 2.23. The highest BCUT2D eigenvalue weighted by molar-refractivity contribution is 5.96. The number of H-pyrrole nitrogens is 1. The lowest BCUT2D eigenvalue weighted by Gasteiger charge is -2.26. The number of amides is 1. The lowest BCUT2D eigenvalue weighted by atomic mass is 9.93. The van der Waals surface area contributed by atoms with E-state index < -0.39 is 11.5 Å². The Hall–Kier alpha value is -1.86. The van der Waals surface area contributed by atoms with Crippen molar-refractivity contribution in [2.75, 3.05) is 39.4 Å². The van der Waals surface area contributed by atoms with Crippen molar-refractivity contribution in [3.63, 3.8) is 0 Å². The summed E-state index contributed by atoms with van der Waals surface area (Å²) >= 11 is 0. The number of hydrogen-bond acceptors (Lipinski definition) is 5. The Morgan fingerprint density at radius 2 is 2.00 bits per heavy atom. The van der Waals surface area contributed by atoms with E-state index in [1.54, 1.807) is 0 Å². The molecule has 0 bridgehead atoms. The first kappa shape index (κ1) is 16.0. The number of aryl methyl sites for hydroxylation is 1. The molecule has 1 aliphatic heterocycles. The van der Waals surface area contributed by atoms with Crippen molar-refractivity contribution in [1.29, 1.82) is 0 Å². The minimum Gasteiger partial charge on any atom is -0.507 e. The second-order valence-corrected chi connectivity index (χ2v) is 6.05. The number of nitrogens with zero attached hydrogens (tertiary/aromatic N) is 1. The van der Waals surface area contributed by atoms with Crippen LogP contribution in [0.4, 0.5) is 0 Å². The van der Waals surface area contributed by atoms with Gasteiger partial charge in [-0.3, -0.25) is 14.5 Å². The largest absolute Gasteiger partial charge is 0.507 e. The second-order valence-electron chi connectivity index (χ2n) is 6.05. The van der Waals surface area contributed by atoms with E-state index in [1.165, 1.54) is 0 Å². The van der Waals surface area contributed by atoms with Gasteiger partial charge in [-0.25, -0.2) is 0 Å². The maximum atomic E-state index is 12.3. The van der Waals surface area contributed by atoms with Crippen LogP contribution in [0.2, 0.25) is 0 Å². The van der Waals surface area contributed by atoms with Crippen LogP contribution in [0.25, 0.3) is 0 Å². The molecule has 3 N–H and O–H groups in total. The predicted octanol–water partition coefficient (Wildman–Crippen LogP) is 0.0213. The van der Waals surface area contributed by atoms with E-state index in [2.05, 4.69) is 15.2 Å². The van der Waals surface area contributed by atoms with Gasteiger partial charge in [0.2, 0.25) is 0 Å². The van der Waals surface area contributed by atoms with Gasteiger partial charge in [0.05, 0.1) is 13.2 Å². The third kappa shape index (κ3) is 3.56. The van der Waals surface area contributed by atoms with Crippen LogP contribution in [0.5, 0.6) is 5.75 Å². The first-order valence-electron chi connectivity index (χ1n) is 8.22. The van der Waals surface area contributed by atoms with Crippen molar-refractivity contribution in [3.05, 3.63) is 27.2 Å². The van der Waals surface area contributed by atoms with Gasteiger partial charge in [-0.15, -0.1) is 0 Å². The van der Waals surface area contributed by atoms with Gasteiger partial charge in [0.25, 0.3) is 11.5 Å². The molecule has 23 heavy (non-hydrogen) atoms. The quantitative estimate of drug-likeness (QED) is 0.727. The van der Waals surface area contributed by atoms with Gasteiger partial charge >= 0.3 is 0 Å². The molecule has 1 saturated heterocycles. The number of aromatic amines is 1. The number of nitrogens with one attached hydrogen (secondary N) is 2. The van der Waals surface area contributed by atoms with Crippen LogP contribution in [0.1, 0.15) is 34.5 Å². The van der Waals surface area contributed by atoms with Gasteiger partial charge in [-0.1, -0.05) is 0 Å². The molecule has 0 radical (unpaired) electrons. The minimum atomic E-state index is -0.509. The van der Waals surface area contributed by atoms with Crippen LogP contribution < -0.4 is 10.9 Å². The van der Waals surface area contributed by atoms with Gasteiger partial charge in [0, 0.05) is 37.4 Å². The molecular weight excluding hydrogens is 298 g/mol. The standard InChI is InChI=1S/C16H23N3O4/c20-14-11-3-1-2-4-12(11)18-16(22)13(14)15(21)17-5-6-19-7-9-23-10-8-19/h1-10H2,(H,17,21)(H2,18,20,22). The second kappa shape index (κ2) is 7.14. The fraction of sp³-hybridized carbons (Fsp3) is 0.625. The summed E-state index contributed by atoms with van der Waals surface area (Å²) in [5, 5.41) is 13.1. The number of aromatic nitrogens is 1. The van der Waals surface area contributed by atoms with Gasteiger partial charge in [0.15, 0.2) is 0 Å². The summed E-state index contributed by atoms with van der Waals surface area (Å²) in [4.78, 5) is 29.3. The van der Waals surface area contributed by atoms with Gasteiger partial charge < -0.3 is 20.1 Å². The van der Waals surface area contributed by atoms with Gasteiger partial charge in [0.1, 0.15) is 11.3 Å². The number of carbonyl (C=O) groups is 1. The molecule has 126 valence electrons. The Kier molecular flexibility index (Phi) is 4.97. The first-order chi connectivity index (χ1) is 11.2. The number of rotatable bonds is 4. The Balaban J connectivity index is 1.66. The summed E-state index contributed by atoms with van der Waals surface area (Å²) < 4.78 is 5.27. The molecule has 0 saturated carbocycles. The summed E-state index contributed by atoms with van der Waals surface area (Å²) in [6.45, 7) is 4.26. The molecule has 2 aliphatic rings. The topological polar surface area (TPSA) is 94.7 Å². The van der Waals surface area contributed by atoms with Crippen LogP contribution in [-0.4, -0.2) is 60.3 Å². The van der Waals surface area contributed by atoms with Crippen molar-refractivity contribution in [2.24, 2.45) is 0 Å². The summed E-state index contributed by atoms with van der Waals surface area (Å²) in [7, 11) is 0. The van der Waals surface area contributed by atoms with Crippen molar-refractivity contribution in [3.8, 4) is 5.75 Å². The van der Waals surface area contributed by atoms with Crippen molar-refractivity contribution in [1.82, 2.24) is 15.2 Å². The Labute approximate surface area is 134 Å². The number of carbonyl (C=O) groups excluding carboxylic acids is 1. The molecule has 7 nitrogen and oxygen atoms in total. The van der Waals surface area contributed by atoms with Crippen LogP contribution in [0.15, 0.2) is 4.79 Å². The molecule has 3 rings (SSSR count). The van der Waals surface area contributed by atoms with E-state index in [4.69, 9.17) is 4.74 Å². The van der Waals surface area contributed by atoms with Crippen LogP contribution >= 0.6 is 0 Å². The molecule has 1 aromatic rings. The average Bonchev–Trinajstić information content (AvgIpc) is 2.56. The zero-order valence-electron chi connectivity index (χ0n) is 13.2. The van der Waals surface area contributed by atoms with Crippen LogP contribution in [0.3, 0.4) is 0 Å². The molecule has 0 aromatic carbocycles. The highest BCUT2D eigenvalue weighted by Crippen LogP contribution is 2.28. The predicted molar refractivity (Wildman–Crippen MR) is 85.0 cm³/mol. The Bertz CT molecular complexity index is 635. The summed E-state index contributed by atoms with van der Waals surface area (Å²) in [5.74, 6) is -0.655. The van der Waals surface area contributed by atoms with Crippen LogP contribution in [-0.2, 0) is 17.6 Å². The smallest absolute Gasteiger partial charge is 0.264 e. The SMILES string of the molecule is O=C(NCCN1CCOCC1)c1c(O)c2c([nH]c1=O)CCCC2. The summed E-state index contributed by atoms with van der Waals surface area (Å²) in [6.07, 6.45) is 3.40. The molecule has 1 fully saturated rings. The molecule has 0 unspecified atom stereocenters. The number of morpholine rings is 1. The molecule has 0 spiro atoms. The number of fused-ring (bicyclic) bond motifs is 1. The van der Waals surface area contributed by atoms with Crippen LogP contribution in [0, 0.1) is 0 Å². The third-order valence-corrected chi connectivity index (χ3v) is 4.53. The zero-order chi connectivity index (χ0) is 16.2. The lowest BCUT2D eigenvalue weighted by molar-refractivity contribution is 0.0383. The highest BCUT2D eigenvalue weighted by atomic mass is 16.5. The number of ether oxygens (including phenoxy) is 1. The van der Waals surface area contributed by atoms with Gasteiger partial charge in [-0.2, -0.15) is 0 Å². The fourth-order valence-electron chi connectivity index (χ4n) is 3.21. The summed E-state index contributed by atoms with van der Waals surface area (Å²) in [6, 6.07) is 0. The average molecular weight is 321 g/mol. The number of pyridine rings is 1. The first-order valence-corrected chi connectivity index (χ1v) is 8.22. The maximum Gasteiger partial charge on any atom is 0.264 e. The normalized spacial score (nSPS) is 18.4. The van der Waals surface area contributed by atoms with E-state index in [0.717, 1.165) is 38.0 Å². The minimum absolute atomic E-state index is 0.146. The maximum absolute atomic E-state index is 12.3. The molecule has 1 aromatic heterocycles. The number of hydrogen-bond donors (Lipinski definition) is 3. The van der Waals surface area contributed by atoms with Crippen molar-refractivity contribution in [2.45, 2.75) is 25.7 Å². The molecule has 0 atom stereocenters. The lowest BCUT2D eigenvalue weighted by Crippen LogP contribution is -2.42. The zero-order valence-corrected chi connectivity index (χ0v) is 13.2. The Morgan fingerprint density at radius 3 is 2.78 bits per heavy atom. The Morgan fingerprint density at radius 1 is 1.26 bits per heavy atom. The van der Waals surface area contributed by atoms with E-state index in [1.807, 2.05) is 0 Å². The van der Waals surface area contributed by atoms with E-state index in [9.17, 15) is 14.7 Å². The van der Waals surface area contributed by atoms with E-state index in [-0.39, 0.29) is 11.3 Å². The molecular formula is C16H23N3O4. The molecule has 2 heterocycles. The molecule has 1 aliphatic carbocycles. The monoisotopic (exact) mass is 321 g/mol. The third-order valence-electron chi connectivity index (χ3n) is 4.53. The van der Waals surface area contributed by atoms with Gasteiger partial charge in [-0.05, 0) is 25.7 Å². The van der Waals surface area contributed by atoms with Crippen molar-refractivity contribution < 1.29 is 14.6 Å². The van der Waals surface area contributed by atoms with Crippen molar-refractivity contribution >= 4 is 5.91 Å². The molecule has 7 heteroatoms. The molecule has 1 amide bonds. The summed E-state index contributed by atoms with van der Waals surface area (Å²) in [5.41, 5.74) is 0.817.